The van der Waals surface area contributed by atoms with Gasteiger partial charge in [-0.3, -0.25) is 9.89 Å². The molecule has 0 radical (unpaired) electrons. The Bertz CT molecular complexity index is 598. The van der Waals surface area contributed by atoms with E-state index in [1.165, 1.54) is 6.42 Å². The van der Waals surface area contributed by atoms with Crippen molar-refractivity contribution < 1.29 is 4.79 Å². The molecule has 0 spiro atoms. The smallest absolute Gasteiger partial charge is 0.244 e. The number of benzene rings is 1. The van der Waals surface area contributed by atoms with Gasteiger partial charge in [-0.1, -0.05) is 19.3 Å². The number of nitrogens with two attached hydrogens (primary N) is 1. The van der Waals surface area contributed by atoms with Gasteiger partial charge in [0, 0.05) is 11.1 Å². The number of nitrogens with zero attached hydrogens (tertiary/aromatic N) is 1. The fourth-order valence-corrected chi connectivity index (χ4v) is 2.68. The van der Waals surface area contributed by atoms with Gasteiger partial charge in [0.15, 0.2) is 0 Å². The van der Waals surface area contributed by atoms with Gasteiger partial charge in [0.2, 0.25) is 5.91 Å². The van der Waals surface area contributed by atoms with Crippen LogP contribution in [0, 0.1) is 0 Å². The second-order valence-corrected chi connectivity index (χ2v) is 5.34. The first-order valence-corrected chi connectivity index (χ1v) is 6.71. The lowest BCUT2D eigenvalue weighted by atomic mass is 9.82. The van der Waals surface area contributed by atoms with Gasteiger partial charge in [0.05, 0.1) is 17.3 Å². The molecular formula is C14H18N4O. The van der Waals surface area contributed by atoms with Crippen LogP contribution in [0.1, 0.15) is 32.1 Å². The zero-order chi connectivity index (χ0) is 13.3. The van der Waals surface area contributed by atoms with Crippen molar-refractivity contribution in [1.29, 1.82) is 0 Å². The van der Waals surface area contributed by atoms with Crippen LogP contribution in [0.3, 0.4) is 0 Å². The monoisotopic (exact) mass is 258 g/mol. The van der Waals surface area contributed by atoms with Crippen LogP contribution in [0.15, 0.2) is 24.4 Å². The summed E-state index contributed by atoms with van der Waals surface area (Å²) in [6.07, 6.45) is 6.53. The minimum Gasteiger partial charge on any atom is -0.324 e. The van der Waals surface area contributed by atoms with E-state index in [9.17, 15) is 4.79 Å². The molecule has 1 aromatic heterocycles. The largest absolute Gasteiger partial charge is 0.324 e. The maximum absolute atomic E-state index is 12.3. The number of aromatic amines is 1. The Morgan fingerprint density at radius 2 is 2.11 bits per heavy atom. The zero-order valence-corrected chi connectivity index (χ0v) is 10.8. The van der Waals surface area contributed by atoms with Crippen LogP contribution in [0.25, 0.3) is 10.9 Å². The third-order valence-electron chi connectivity index (χ3n) is 3.90. The van der Waals surface area contributed by atoms with Crippen LogP contribution in [0.5, 0.6) is 0 Å². The lowest BCUT2D eigenvalue weighted by Crippen LogP contribution is -2.52. The van der Waals surface area contributed by atoms with E-state index in [1.807, 2.05) is 18.2 Å². The van der Waals surface area contributed by atoms with Crippen LogP contribution >= 0.6 is 0 Å². The number of fused-ring (bicyclic) bond motifs is 1. The van der Waals surface area contributed by atoms with Crippen molar-refractivity contribution in [3.8, 4) is 0 Å². The number of carbonyl (C=O) groups is 1. The average Bonchev–Trinajstić information content (AvgIpc) is 2.87. The van der Waals surface area contributed by atoms with Crippen LogP contribution < -0.4 is 11.1 Å². The SMILES string of the molecule is NC1(C(=O)Nc2ccc3cn[nH]c3c2)CCCCC1. The summed E-state index contributed by atoms with van der Waals surface area (Å²) < 4.78 is 0. The van der Waals surface area contributed by atoms with E-state index in [1.54, 1.807) is 6.20 Å². The van der Waals surface area contributed by atoms with Crippen LogP contribution in [-0.4, -0.2) is 21.6 Å². The van der Waals surface area contributed by atoms with Gasteiger partial charge in [-0.2, -0.15) is 5.10 Å². The molecule has 0 saturated heterocycles. The summed E-state index contributed by atoms with van der Waals surface area (Å²) >= 11 is 0. The number of H-pyrrole nitrogens is 1. The quantitative estimate of drug-likeness (QED) is 0.771. The van der Waals surface area contributed by atoms with Gasteiger partial charge in [0.25, 0.3) is 0 Å². The van der Waals surface area contributed by atoms with Crippen molar-refractivity contribution >= 4 is 22.5 Å². The predicted molar refractivity (Wildman–Crippen MR) is 74.7 cm³/mol. The highest BCUT2D eigenvalue weighted by atomic mass is 16.2. The number of amides is 1. The summed E-state index contributed by atoms with van der Waals surface area (Å²) in [5, 5.41) is 10.8. The minimum absolute atomic E-state index is 0.0777. The Hall–Kier alpha value is -1.88. The molecule has 5 heteroatoms. The summed E-state index contributed by atoms with van der Waals surface area (Å²) in [6, 6.07) is 5.69. The number of hydrogen-bond donors (Lipinski definition) is 3. The molecule has 1 fully saturated rings. The second-order valence-electron chi connectivity index (χ2n) is 5.34. The maximum Gasteiger partial charge on any atom is 0.244 e. The normalized spacial score (nSPS) is 18.4. The zero-order valence-electron chi connectivity index (χ0n) is 10.8. The summed E-state index contributed by atoms with van der Waals surface area (Å²) in [7, 11) is 0. The number of anilines is 1. The molecule has 0 aliphatic heterocycles. The fraction of sp³-hybridized carbons (Fsp3) is 0.429. The standard InChI is InChI=1S/C14H18N4O/c15-14(6-2-1-3-7-14)13(19)17-11-5-4-10-9-16-18-12(10)8-11/h4-5,8-9H,1-3,6-7,15H2,(H,16,18)(H,17,19). The molecular weight excluding hydrogens is 240 g/mol. The van der Waals surface area contributed by atoms with Crippen molar-refractivity contribution in [2.75, 3.05) is 5.32 Å². The van der Waals surface area contributed by atoms with Gasteiger partial charge in [-0.25, -0.2) is 0 Å². The highest BCUT2D eigenvalue weighted by Gasteiger charge is 2.35. The number of aromatic nitrogens is 2. The molecule has 2 aromatic rings. The molecule has 0 atom stereocenters. The molecule has 1 heterocycles. The molecule has 1 aromatic carbocycles. The summed E-state index contributed by atoms with van der Waals surface area (Å²) in [4.78, 5) is 12.3. The number of hydrogen-bond acceptors (Lipinski definition) is 3. The highest BCUT2D eigenvalue weighted by molar-refractivity contribution is 5.99. The predicted octanol–water partition coefficient (Wildman–Crippen LogP) is 2.16. The molecule has 1 aliphatic carbocycles. The van der Waals surface area contributed by atoms with Gasteiger partial charge in [0.1, 0.15) is 0 Å². The van der Waals surface area contributed by atoms with Crippen molar-refractivity contribution in [2.24, 2.45) is 5.73 Å². The Morgan fingerprint density at radius 1 is 1.32 bits per heavy atom. The number of nitrogens with one attached hydrogen (secondary N) is 2. The molecule has 1 aliphatic rings. The second kappa shape index (κ2) is 4.66. The molecule has 1 amide bonds. The van der Waals surface area contributed by atoms with Crippen molar-refractivity contribution in [2.45, 2.75) is 37.6 Å². The molecule has 3 rings (SSSR count). The third kappa shape index (κ3) is 2.33. The topological polar surface area (TPSA) is 83.8 Å². The minimum atomic E-state index is -0.707. The highest BCUT2D eigenvalue weighted by Crippen LogP contribution is 2.27. The van der Waals surface area contributed by atoms with Crippen LogP contribution in [0.4, 0.5) is 5.69 Å². The first-order valence-electron chi connectivity index (χ1n) is 6.71. The molecule has 5 nitrogen and oxygen atoms in total. The lowest BCUT2D eigenvalue weighted by molar-refractivity contribution is -0.122. The number of rotatable bonds is 2. The molecule has 100 valence electrons. The van der Waals surface area contributed by atoms with E-state index in [0.717, 1.165) is 42.3 Å². The van der Waals surface area contributed by atoms with E-state index >= 15 is 0 Å². The van der Waals surface area contributed by atoms with Crippen LogP contribution in [0.2, 0.25) is 0 Å². The summed E-state index contributed by atoms with van der Waals surface area (Å²) in [6.45, 7) is 0. The molecule has 0 unspecified atom stereocenters. The Morgan fingerprint density at radius 3 is 2.89 bits per heavy atom. The van der Waals surface area contributed by atoms with Crippen molar-refractivity contribution in [3.63, 3.8) is 0 Å². The molecule has 0 bridgehead atoms. The Kier molecular flexibility index (Phi) is 2.98. The van der Waals surface area contributed by atoms with Gasteiger partial charge in [-0.15, -0.1) is 0 Å². The first kappa shape index (κ1) is 12.2. The van der Waals surface area contributed by atoms with E-state index in [2.05, 4.69) is 15.5 Å². The van der Waals surface area contributed by atoms with E-state index < -0.39 is 5.54 Å². The Labute approximate surface area is 111 Å². The Balaban J connectivity index is 1.78. The van der Waals surface area contributed by atoms with Gasteiger partial charge in [-0.05, 0) is 31.0 Å². The van der Waals surface area contributed by atoms with E-state index in [-0.39, 0.29) is 5.91 Å². The van der Waals surface area contributed by atoms with Crippen LogP contribution in [-0.2, 0) is 4.79 Å². The van der Waals surface area contributed by atoms with Crippen molar-refractivity contribution in [3.05, 3.63) is 24.4 Å². The average molecular weight is 258 g/mol. The molecule has 1 saturated carbocycles. The molecule has 4 N–H and O–H groups in total. The van der Waals surface area contributed by atoms with Gasteiger partial charge < -0.3 is 11.1 Å². The van der Waals surface area contributed by atoms with E-state index in [0.29, 0.717) is 0 Å². The summed E-state index contributed by atoms with van der Waals surface area (Å²) in [5.41, 5.74) is 7.17. The first-order chi connectivity index (χ1) is 9.17. The van der Waals surface area contributed by atoms with Crippen molar-refractivity contribution in [1.82, 2.24) is 10.2 Å². The lowest BCUT2D eigenvalue weighted by Gasteiger charge is -2.31. The maximum atomic E-state index is 12.3. The number of carbonyl (C=O) groups excluding carboxylic acids is 1. The summed E-state index contributed by atoms with van der Waals surface area (Å²) in [5.74, 6) is -0.0777. The van der Waals surface area contributed by atoms with Gasteiger partial charge >= 0.3 is 0 Å². The molecule has 19 heavy (non-hydrogen) atoms. The third-order valence-corrected chi connectivity index (χ3v) is 3.90. The fourth-order valence-electron chi connectivity index (χ4n) is 2.68. The van der Waals surface area contributed by atoms with E-state index in [4.69, 9.17) is 5.73 Å².